The molecule has 0 N–H and O–H groups in total. The number of carbonyl (C=O) groups excluding carboxylic acids is 1. The molecule has 2 aromatic heterocycles. The zero-order chi connectivity index (χ0) is 13.3. The average molecular weight is 247 g/mol. The van der Waals surface area contributed by atoms with Gasteiger partial charge in [-0.1, -0.05) is 6.07 Å². The second-order valence-electron chi connectivity index (χ2n) is 4.04. The summed E-state index contributed by atoms with van der Waals surface area (Å²) in [6.07, 6.45) is 1.06. The van der Waals surface area contributed by atoms with Crippen molar-refractivity contribution in [2.24, 2.45) is 0 Å². The van der Waals surface area contributed by atoms with Crippen molar-refractivity contribution in [1.82, 2.24) is 14.3 Å². The van der Waals surface area contributed by atoms with Crippen LogP contribution in [0.2, 0.25) is 0 Å². The van der Waals surface area contributed by atoms with E-state index in [1.807, 2.05) is 0 Å². The van der Waals surface area contributed by atoms with Crippen LogP contribution in [-0.4, -0.2) is 34.5 Å². The molecule has 0 fully saturated rings. The van der Waals surface area contributed by atoms with Crippen LogP contribution in [0.25, 0.3) is 5.65 Å². The molecule has 0 atom stereocenters. The third-order valence-electron chi connectivity index (χ3n) is 2.46. The largest absolute Gasteiger partial charge is 0.416 e. The predicted octanol–water partition coefficient (Wildman–Crippen LogP) is 1.06. The first-order valence-corrected chi connectivity index (χ1v) is 5.38. The number of ether oxygens (including phenoxy) is 1. The van der Waals surface area contributed by atoms with Gasteiger partial charge >= 0.3 is 6.09 Å². The summed E-state index contributed by atoms with van der Waals surface area (Å²) in [7, 11) is 3.12. The highest BCUT2D eigenvalue weighted by Gasteiger charge is 2.14. The van der Waals surface area contributed by atoms with E-state index in [-0.39, 0.29) is 11.4 Å². The Balaban J connectivity index is 2.56. The minimum absolute atomic E-state index is 0.0462. The maximum Gasteiger partial charge on any atom is 0.416 e. The summed E-state index contributed by atoms with van der Waals surface area (Å²) in [5.41, 5.74) is 0.491. The molecule has 2 heterocycles. The van der Waals surface area contributed by atoms with Crippen LogP contribution in [0.3, 0.4) is 0 Å². The summed E-state index contributed by atoms with van der Waals surface area (Å²) in [6.45, 7) is 1.58. The fraction of sp³-hybridized carbons (Fsp3) is 0.250. The Bertz CT molecular complexity index is 661. The molecular formula is C12H13N3O3. The molecule has 1 amide bonds. The van der Waals surface area contributed by atoms with Crippen molar-refractivity contribution in [3.63, 3.8) is 0 Å². The number of nitrogens with zero attached hydrogens (tertiary/aromatic N) is 3. The molecule has 0 aliphatic rings. The van der Waals surface area contributed by atoms with E-state index in [2.05, 4.69) is 4.98 Å². The Morgan fingerprint density at radius 1 is 1.39 bits per heavy atom. The average Bonchev–Trinajstić information content (AvgIpc) is 2.35. The van der Waals surface area contributed by atoms with Gasteiger partial charge in [0.2, 0.25) is 5.88 Å². The molecular weight excluding hydrogens is 234 g/mol. The van der Waals surface area contributed by atoms with Gasteiger partial charge in [0, 0.05) is 20.3 Å². The summed E-state index contributed by atoms with van der Waals surface area (Å²) in [5.74, 6) is 0.0462. The number of hydrogen-bond donors (Lipinski definition) is 0. The van der Waals surface area contributed by atoms with Crippen LogP contribution in [0.5, 0.6) is 5.88 Å². The lowest BCUT2D eigenvalue weighted by Gasteiger charge is -2.12. The molecule has 0 saturated carbocycles. The van der Waals surface area contributed by atoms with Crippen molar-refractivity contribution < 1.29 is 9.53 Å². The topological polar surface area (TPSA) is 63.9 Å². The van der Waals surface area contributed by atoms with Crippen LogP contribution >= 0.6 is 0 Å². The quantitative estimate of drug-likeness (QED) is 0.756. The van der Waals surface area contributed by atoms with Gasteiger partial charge in [0.05, 0.1) is 5.56 Å². The lowest BCUT2D eigenvalue weighted by Crippen LogP contribution is -2.28. The zero-order valence-electron chi connectivity index (χ0n) is 10.4. The molecule has 18 heavy (non-hydrogen) atoms. The Morgan fingerprint density at radius 2 is 2.11 bits per heavy atom. The highest BCUT2D eigenvalue weighted by atomic mass is 16.6. The fourth-order valence-electron chi connectivity index (χ4n) is 1.43. The third kappa shape index (κ3) is 2.04. The summed E-state index contributed by atoms with van der Waals surface area (Å²) < 4.78 is 6.46. The number of fused-ring (bicyclic) bond motifs is 1. The molecule has 94 valence electrons. The molecule has 0 bridgehead atoms. The summed E-state index contributed by atoms with van der Waals surface area (Å²) >= 11 is 0. The maximum absolute atomic E-state index is 12.0. The highest BCUT2D eigenvalue weighted by Crippen LogP contribution is 2.12. The molecule has 2 rings (SSSR count). The lowest BCUT2D eigenvalue weighted by molar-refractivity contribution is 0.169. The minimum Gasteiger partial charge on any atom is -0.391 e. The van der Waals surface area contributed by atoms with Crippen LogP contribution in [0.4, 0.5) is 4.79 Å². The normalized spacial score (nSPS) is 10.4. The minimum atomic E-state index is -0.565. The second kappa shape index (κ2) is 4.48. The summed E-state index contributed by atoms with van der Waals surface area (Å²) in [6, 6.07) is 5.17. The number of rotatable bonds is 1. The Hall–Kier alpha value is -2.37. The smallest absolute Gasteiger partial charge is 0.391 e. The van der Waals surface area contributed by atoms with E-state index >= 15 is 0 Å². The number of pyridine rings is 1. The third-order valence-corrected chi connectivity index (χ3v) is 2.46. The van der Waals surface area contributed by atoms with E-state index in [1.54, 1.807) is 45.4 Å². The van der Waals surface area contributed by atoms with Crippen molar-refractivity contribution in [3.05, 3.63) is 40.3 Å². The van der Waals surface area contributed by atoms with Crippen LogP contribution in [0.1, 0.15) is 5.56 Å². The predicted molar refractivity (Wildman–Crippen MR) is 65.9 cm³/mol. The van der Waals surface area contributed by atoms with E-state index in [4.69, 9.17) is 4.74 Å². The standard InChI is InChI=1S/C12H13N3O3/c1-8-10(18-12(17)14(2)3)13-9-6-4-5-7-15(9)11(8)16/h4-7H,1-3H3. The Morgan fingerprint density at radius 3 is 2.78 bits per heavy atom. The van der Waals surface area contributed by atoms with Crippen LogP contribution < -0.4 is 10.3 Å². The molecule has 0 aromatic carbocycles. The van der Waals surface area contributed by atoms with Gasteiger partial charge < -0.3 is 9.64 Å². The summed E-state index contributed by atoms with van der Waals surface area (Å²) in [5, 5.41) is 0. The molecule has 6 nitrogen and oxygen atoms in total. The first kappa shape index (κ1) is 12.1. The first-order chi connectivity index (χ1) is 8.50. The molecule has 0 aliphatic heterocycles. The van der Waals surface area contributed by atoms with E-state index in [0.717, 1.165) is 0 Å². The Labute approximate surface area is 103 Å². The van der Waals surface area contributed by atoms with E-state index in [0.29, 0.717) is 11.2 Å². The van der Waals surface area contributed by atoms with Crippen LogP contribution in [0, 0.1) is 6.92 Å². The molecule has 0 unspecified atom stereocenters. The lowest BCUT2D eigenvalue weighted by atomic mass is 10.3. The molecule has 0 aliphatic carbocycles. The van der Waals surface area contributed by atoms with Crippen molar-refractivity contribution in [3.8, 4) is 5.88 Å². The van der Waals surface area contributed by atoms with Gasteiger partial charge in [0.15, 0.2) is 0 Å². The number of hydrogen-bond acceptors (Lipinski definition) is 4. The fourth-order valence-corrected chi connectivity index (χ4v) is 1.43. The Kier molecular flexibility index (Phi) is 3.01. The monoisotopic (exact) mass is 247 g/mol. The number of carbonyl (C=O) groups is 1. The number of aromatic nitrogens is 2. The van der Waals surface area contributed by atoms with Crippen LogP contribution in [-0.2, 0) is 0 Å². The van der Waals surface area contributed by atoms with E-state index in [9.17, 15) is 9.59 Å². The highest BCUT2D eigenvalue weighted by molar-refractivity contribution is 5.70. The van der Waals surface area contributed by atoms with Gasteiger partial charge in [0.1, 0.15) is 5.65 Å². The molecule has 0 radical (unpaired) electrons. The SMILES string of the molecule is Cc1c(OC(=O)N(C)C)nc2ccccn2c1=O. The van der Waals surface area contributed by atoms with Gasteiger partial charge in [-0.05, 0) is 19.1 Å². The molecule has 0 saturated heterocycles. The molecule has 2 aromatic rings. The van der Waals surface area contributed by atoms with Gasteiger partial charge in [-0.3, -0.25) is 9.20 Å². The second-order valence-corrected chi connectivity index (χ2v) is 4.04. The van der Waals surface area contributed by atoms with Crippen molar-refractivity contribution in [1.29, 1.82) is 0 Å². The summed E-state index contributed by atoms with van der Waals surface area (Å²) in [4.78, 5) is 28.9. The molecule has 6 heteroatoms. The van der Waals surface area contributed by atoms with Gasteiger partial charge in [0.25, 0.3) is 5.56 Å². The molecule has 0 spiro atoms. The number of amides is 1. The van der Waals surface area contributed by atoms with Crippen molar-refractivity contribution >= 4 is 11.7 Å². The van der Waals surface area contributed by atoms with E-state index in [1.165, 1.54) is 9.30 Å². The van der Waals surface area contributed by atoms with E-state index < -0.39 is 6.09 Å². The van der Waals surface area contributed by atoms with Crippen molar-refractivity contribution in [2.75, 3.05) is 14.1 Å². The zero-order valence-corrected chi connectivity index (χ0v) is 10.4. The van der Waals surface area contributed by atoms with Gasteiger partial charge in [-0.15, -0.1) is 0 Å². The van der Waals surface area contributed by atoms with Gasteiger partial charge in [-0.25, -0.2) is 4.79 Å². The van der Waals surface area contributed by atoms with Crippen molar-refractivity contribution in [2.45, 2.75) is 6.92 Å². The van der Waals surface area contributed by atoms with Crippen LogP contribution in [0.15, 0.2) is 29.2 Å². The van der Waals surface area contributed by atoms with Gasteiger partial charge in [-0.2, -0.15) is 4.98 Å². The first-order valence-electron chi connectivity index (χ1n) is 5.38. The maximum atomic E-state index is 12.0.